The number of nitrogens with zero attached hydrogens (tertiary/aromatic N) is 1. The van der Waals surface area contributed by atoms with Crippen LogP contribution in [0.25, 0.3) is 0 Å². The van der Waals surface area contributed by atoms with Gasteiger partial charge in [-0.2, -0.15) is 0 Å². The molecule has 2 N–H and O–H groups in total. The Hall–Kier alpha value is -0.410. The molecule has 11 heavy (non-hydrogen) atoms. The maximum absolute atomic E-state index is 5.89. The number of rotatable bonds is 1. The van der Waals surface area contributed by atoms with Gasteiger partial charge in [0.1, 0.15) is 5.01 Å². The molecule has 0 unspecified atom stereocenters. The molecule has 0 saturated carbocycles. The van der Waals surface area contributed by atoms with Crippen LogP contribution in [0.15, 0.2) is 0 Å². The number of thiazole rings is 1. The highest BCUT2D eigenvalue weighted by Gasteiger charge is 2.18. The first-order valence-corrected chi connectivity index (χ1v) is 4.46. The lowest BCUT2D eigenvalue weighted by Gasteiger charge is -2.13. The quantitative estimate of drug-likeness (QED) is 0.699. The lowest BCUT2D eigenvalue weighted by molar-refractivity contribution is 0.549. The van der Waals surface area contributed by atoms with E-state index >= 15 is 0 Å². The first-order chi connectivity index (χ1) is 4.91. The third-order valence-corrected chi connectivity index (χ3v) is 2.99. The second-order valence-electron chi connectivity index (χ2n) is 3.38. The molecular formula is C8H14N2S. The van der Waals surface area contributed by atoms with Crippen LogP contribution in [0.3, 0.4) is 0 Å². The van der Waals surface area contributed by atoms with Crippen LogP contribution in [0.5, 0.6) is 0 Å². The third kappa shape index (κ3) is 1.79. The van der Waals surface area contributed by atoms with Crippen LogP contribution in [0, 0.1) is 13.8 Å². The van der Waals surface area contributed by atoms with Crippen molar-refractivity contribution in [2.24, 2.45) is 5.73 Å². The zero-order valence-electron chi connectivity index (χ0n) is 7.43. The summed E-state index contributed by atoms with van der Waals surface area (Å²) in [6.45, 7) is 8.04. The minimum absolute atomic E-state index is 0.288. The fourth-order valence-corrected chi connectivity index (χ4v) is 1.68. The number of aromatic nitrogens is 1. The normalized spacial score (nSPS) is 12.1. The van der Waals surface area contributed by atoms with Gasteiger partial charge in [0.25, 0.3) is 0 Å². The predicted molar refractivity (Wildman–Crippen MR) is 48.8 cm³/mol. The molecule has 0 saturated heterocycles. The summed E-state index contributed by atoms with van der Waals surface area (Å²) in [5.74, 6) is 0. The average molecular weight is 170 g/mol. The van der Waals surface area contributed by atoms with Gasteiger partial charge in [-0.1, -0.05) is 0 Å². The molecule has 0 radical (unpaired) electrons. The molecule has 1 heterocycles. The van der Waals surface area contributed by atoms with Gasteiger partial charge in [-0.15, -0.1) is 11.3 Å². The lowest BCUT2D eigenvalue weighted by Crippen LogP contribution is -2.28. The summed E-state index contributed by atoms with van der Waals surface area (Å²) in [4.78, 5) is 5.64. The fourth-order valence-electron chi connectivity index (χ4n) is 0.748. The third-order valence-electron chi connectivity index (χ3n) is 1.58. The minimum Gasteiger partial charge on any atom is -0.320 e. The summed E-state index contributed by atoms with van der Waals surface area (Å²) < 4.78 is 0. The van der Waals surface area contributed by atoms with Crippen molar-refractivity contribution in [3.63, 3.8) is 0 Å². The average Bonchev–Trinajstić information content (AvgIpc) is 2.11. The predicted octanol–water partition coefficient (Wildman–Crippen LogP) is 1.95. The van der Waals surface area contributed by atoms with E-state index in [2.05, 4.69) is 11.9 Å². The van der Waals surface area contributed by atoms with Crippen LogP contribution in [0.2, 0.25) is 0 Å². The van der Waals surface area contributed by atoms with Crippen LogP contribution in [-0.2, 0) is 5.54 Å². The Morgan fingerprint density at radius 2 is 1.91 bits per heavy atom. The van der Waals surface area contributed by atoms with Gasteiger partial charge in [0.2, 0.25) is 0 Å². The molecule has 0 atom stereocenters. The smallest absolute Gasteiger partial charge is 0.112 e. The van der Waals surface area contributed by atoms with E-state index < -0.39 is 0 Å². The summed E-state index contributed by atoms with van der Waals surface area (Å²) in [6.07, 6.45) is 0. The second-order valence-corrected chi connectivity index (χ2v) is 4.59. The Balaban J connectivity index is 3.08. The number of hydrogen-bond donors (Lipinski definition) is 1. The van der Waals surface area contributed by atoms with Crippen LogP contribution in [0.1, 0.15) is 29.4 Å². The van der Waals surface area contributed by atoms with Gasteiger partial charge < -0.3 is 5.73 Å². The van der Waals surface area contributed by atoms with E-state index in [4.69, 9.17) is 5.73 Å². The van der Waals surface area contributed by atoms with Crippen molar-refractivity contribution in [2.45, 2.75) is 33.2 Å². The summed E-state index contributed by atoms with van der Waals surface area (Å²) in [5, 5.41) is 1.02. The fraction of sp³-hybridized carbons (Fsp3) is 0.625. The van der Waals surface area contributed by atoms with Crippen molar-refractivity contribution < 1.29 is 0 Å². The zero-order valence-corrected chi connectivity index (χ0v) is 8.25. The van der Waals surface area contributed by atoms with Gasteiger partial charge in [0.15, 0.2) is 0 Å². The Kier molecular flexibility index (Phi) is 2.03. The molecule has 0 aliphatic heterocycles. The van der Waals surface area contributed by atoms with Crippen LogP contribution >= 0.6 is 11.3 Å². The van der Waals surface area contributed by atoms with Gasteiger partial charge in [-0.3, -0.25) is 0 Å². The number of nitrogens with two attached hydrogens (primary N) is 1. The highest BCUT2D eigenvalue weighted by molar-refractivity contribution is 7.11. The molecular weight excluding hydrogens is 156 g/mol. The second kappa shape index (κ2) is 2.57. The molecule has 0 aromatic carbocycles. The summed E-state index contributed by atoms with van der Waals surface area (Å²) in [6, 6.07) is 0. The molecule has 0 spiro atoms. The monoisotopic (exact) mass is 170 g/mol. The number of aryl methyl sites for hydroxylation is 2. The molecule has 0 fully saturated rings. The maximum Gasteiger partial charge on any atom is 0.112 e. The Morgan fingerprint density at radius 3 is 2.09 bits per heavy atom. The van der Waals surface area contributed by atoms with E-state index in [0.717, 1.165) is 10.7 Å². The van der Waals surface area contributed by atoms with Crippen molar-refractivity contribution in [1.29, 1.82) is 0 Å². The SMILES string of the molecule is Cc1nc(C(C)(C)N)sc1C. The Morgan fingerprint density at radius 1 is 1.36 bits per heavy atom. The van der Waals surface area contributed by atoms with E-state index in [1.54, 1.807) is 11.3 Å². The van der Waals surface area contributed by atoms with E-state index in [1.165, 1.54) is 4.88 Å². The largest absolute Gasteiger partial charge is 0.320 e. The molecule has 0 amide bonds. The van der Waals surface area contributed by atoms with Gasteiger partial charge >= 0.3 is 0 Å². The van der Waals surface area contributed by atoms with Crippen LogP contribution < -0.4 is 5.73 Å². The first kappa shape index (κ1) is 8.68. The van der Waals surface area contributed by atoms with Gasteiger partial charge in [-0.05, 0) is 27.7 Å². The van der Waals surface area contributed by atoms with E-state index in [1.807, 2.05) is 20.8 Å². The molecule has 2 nitrogen and oxygen atoms in total. The van der Waals surface area contributed by atoms with Crippen molar-refractivity contribution >= 4 is 11.3 Å². The van der Waals surface area contributed by atoms with Gasteiger partial charge in [0.05, 0.1) is 11.2 Å². The van der Waals surface area contributed by atoms with Crippen molar-refractivity contribution in [2.75, 3.05) is 0 Å². The molecule has 1 aromatic rings. The van der Waals surface area contributed by atoms with Gasteiger partial charge in [0, 0.05) is 4.88 Å². The molecule has 3 heteroatoms. The summed E-state index contributed by atoms with van der Waals surface area (Å²) in [7, 11) is 0. The molecule has 62 valence electrons. The van der Waals surface area contributed by atoms with Crippen LogP contribution in [0.4, 0.5) is 0 Å². The molecule has 0 bridgehead atoms. The van der Waals surface area contributed by atoms with Crippen molar-refractivity contribution in [1.82, 2.24) is 4.98 Å². The Labute approximate surface area is 71.5 Å². The van der Waals surface area contributed by atoms with E-state index in [9.17, 15) is 0 Å². The van der Waals surface area contributed by atoms with E-state index in [-0.39, 0.29) is 5.54 Å². The highest BCUT2D eigenvalue weighted by atomic mass is 32.1. The standard InChI is InChI=1S/C8H14N2S/c1-5-6(2)11-7(10-5)8(3,4)9/h9H2,1-4H3. The topological polar surface area (TPSA) is 38.9 Å². The Bertz CT molecular complexity index is 238. The van der Waals surface area contributed by atoms with Crippen molar-refractivity contribution in [3.8, 4) is 0 Å². The molecule has 0 aliphatic rings. The number of hydrogen-bond acceptors (Lipinski definition) is 3. The lowest BCUT2D eigenvalue weighted by atomic mass is 10.1. The minimum atomic E-state index is -0.288. The zero-order chi connectivity index (χ0) is 8.65. The van der Waals surface area contributed by atoms with E-state index in [0.29, 0.717) is 0 Å². The molecule has 1 aromatic heterocycles. The summed E-state index contributed by atoms with van der Waals surface area (Å²) >= 11 is 1.69. The summed E-state index contributed by atoms with van der Waals surface area (Å²) in [5.41, 5.74) is 6.70. The molecule has 0 aliphatic carbocycles. The maximum atomic E-state index is 5.89. The van der Waals surface area contributed by atoms with Gasteiger partial charge in [-0.25, -0.2) is 4.98 Å². The first-order valence-electron chi connectivity index (χ1n) is 3.64. The molecule has 1 rings (SSSR count). The van der Waals surface area contributed by atoms with Crippen LogP contribution in [-0.4, -0.2) is 4.98 Å². The highest BCUT2D eigenvalue weighted by Crippen LogP contribution is 2.24. The van der Waals surface area contributed by atoms with Crippen molar-refractivity contribution in [3.05, 3.63) is 15.6 Å².